The van der Waals surface area contributed by atoms with Gasteiger partial charge < -0.3 is 10.1 Å². The van der Waals surface area contributed by atoms with E-state index < -0.39 is 15.9 Å². The van der Waals surface area contributed by atoms with Crippen LogP contribution in [0.1, 0.15) is 12.5 Å². The van der Waals surface area contributed by atoms with Crippen molar-refractivity contribution in [3.05, 3.63) is 72.3 Å². The number of ether oxygens (including phenoxy) is 1. The van der Waals surface area contributed by atoms with Crippen molar-refractivity contribution < 1.29 is 17.9 Å². The predicted octanol–water partition coefficient (Wildman–Crippen LogP) is 3.30. The molecule has 1 amide bonds. The number of hydrogen-bond acceptors (Lipinski definition) is 4. The Balaban J connectivity index is 1.63. The lowest BCUT2D eigenvalue weighted by Gasteiger charge is -2.12. The number of benzene rings is 3. The van der Waals surface area contributed by atoms with Gasteiger partial charge in [0.1, 0.15) is 5.75 Å². The zero-order valence-corrected chi connectivity index (χ0v) is 16.3. The number of carbonyl (C=O) groups excluding carboxylic acids is 1. The Morgan fingerprint density at radius 2 is 1.68 bits per heavy atom. The summed E-state index contributed by atoms with van der Waals surface area (Å²) in [7, 11) is -3.70. The molecule has 0 aromatic heterocycles. The Morgan fingerprint density at radius 3 is 2.50 bits per heavy atom. The highest BCUT2D eigenvalue weighted by atomic mass is 32.2. The average Bonchev–Trinajstić information content (AvgIpc) is 2.68. The van der Waals surface area contributed by atoms with E-state index in [1.54, 1.807) is 30.3 Å². The summed E-state index contributed by atoms with van der Waals surface area (Å²) < 4.78 is 32.6. The van der Waals surface area contributed by atoms with Crippen LogP contribution in [0.3, 0.4) is 0 Å². The first-order valence-electron chi connectivity index (χ1n) is 8.94. The summed E-state index contributed by atoms with van der Waals surface area (Å²) in [4.78, 5) is 12.3. The Bertz CT molecular complexity index is 1080. The molecule has 146 valence electrons. The van der Waals surface area contributed by atoms with Gasteiger partial charge in [0.15, 0.2) is 0 Å². The minimum atomic E-state index is -3.70. The number of sulfonamides is 1. The van der Waals surface area contributed by atoms with Gasteiger partial charge in [-0.15, -0.1) is 0 Å². The molecular weight excluding hydrogens is 376 g/mol. The van der Waals surface area contributed by atoms with Crippen LogP contribution < -0.4 is 14.8 Å². The fourth-order valence-corrected chi connectivity index (χ4v) is 3.98. The number of fused-ring (bicyclic) bond motifs is 1. The average molecular weight is 398 g/mol. The molecule has 3 aromatic carbocycles. The maximum atomic E-state index is 12.4. The van der Waals surface area contributed by atoms with Crippen molar-refractivity contribution in [2.24, 2.45) is 0 Å². The highest BCUT2D eigenvalue weighted by molar-refractivity contribution is 7.88. The van der Waals surface area contributed by atoms with Crippen LogP contribution in [0, 0.1) is 0 Å². The predicted molar refractivity (Wildman–Crippen MR) is 111 cm³/mol. The maximum Gasteiger partial charge on any atom is 0.239 e. The van der Waals surface area contributed by atoms with Gasteiger partial charge in [-0.25, -0.2) is 13.1 Å². The number of rotatable bonds is 8. The summed E-state index contributed by atoms with van der Waals surface area (Å²) in [6.45, 7) is 1.93. The third-order valence-electron chi connectivity index (χ3n) is 4.13. The number of para-hydroxylation sites is 1. The van der Waals surface area contributed by atoms with Crippen molar-refractivity contribution in [2.45, 2.75) is 12.7 Å². The van der Waals surface area contributed by atoms with Crippen LogP contribution in [0.5, 0.6) is 5.75 Å². The van der Waals surface area contributed by atoms with Crippen LogP contribution >= 0.6 is 0 Å². The number of carbonyl (C=O) groups is 1. The lowest BCUT2D eigenvalue weighted by molar-refractivity contribution is -0.115. The van der Waals surface area contributed by atoms with Crippen LogP contribution in [0.4, 0.5) is 5.69 Å². The highest BCUT2D eigenvalue weighted by Crippen LogP contribution is 2.23. The molecule has 0 heterocycles. The van der Waals surface area contributed by atoms with Gasteiger partial charge in [0.2, 0.25) is 15.9 Å². The minimum absolute atomic E-state index is 0.259. The van der Waals surface area contributed by atoms with E-state index in [1.807, 2.05) is 43.3 Å². The number of hydrogen-bond donors (Lipinski definition) is 2. The molecular formula is C21H22N2O4S. The van der Waals surface area contributed by atoms with Gasteiger partial charge in [0.25, 0.3) is 0 Å². The molecule has 0 aliphatic heterocycles. The second-order valence-corrected chi connectivity index (χ2v) is 8.00. The van der Waals surface area contributed by atoms with Gasteiger partial charge in [-0.2, -0.15) is 0 Å². The Hall–Kier alpha value is -2.90. The quantitative estimate of drug-likeness (QED) is 0.610. The summed E-state index contributed by atoms with van der Waals surface area (Å²) in [6, 6.07) is 20.2. The fourth-order valence-electron chi connectivity index (χ4n) is 2.88. The van der Waals surface area contributed by atoms with Crippen LogP contribution in [0.2, 0.25) is 0 Å². The maximum absolute atomic E-state index is 12.4. The first-order chi connectivity index (χ1) is 13.5. The number of nitrogens with one attached hydrogen (secondary N) is 2. The molecule has 0 saturated carbocycles. The van der Waals surface area contributed by atoms with Crippen molar-refractivity contribution in [2.75, 3.05) is 18.5 Å². The van der Waals surface area contributed by atoms with E-state index in [-0.39, 0.29) is 12.3 Å². The molecule has 28 heavy (non-hydrogen) atoms. The van der Waals surface area contributed by atoms with Gasteiger partial charge in [0, 0.05) is 16.6 Å². The summed E-state index contributed by atoms with van der Waals surface area (Å²) in [6.07, 6.45) is 0. The highest BCUT2D eigenvalue weighted by Gasteiger charge is 2.16. The smallest absolute Gasteiger partial charge is 0.239 e. The summed E-state index contributed by atoms with van der Waals surface area (Å²) in [5.41, 5.74) is 1.19. The minimum Gasteiger partial charge on any atom is -0.494 e. The van der Waals surface area contributed by atoms with Crippen molar-refractivity contribution in [1.82, 2.24) is 4.72 Å². The Morgan fingerprint density at radius 1 is 0.964 bits per heavy atom. The van der Waals surface area contributed by atoms with Crippen molar-refractivity contribution in [1.29, 1.82) is 0 Å². The molecule has 0 bridgehead atoms. The Labute approximate surface area is 164 Å². The zero-order chi connectivity index (χ0) is 20.0. The van der Waals surface area contributed by atoms with Crippen molar-refractivity contribution in [3.63, 3.8) is 0 Å². The summed E-state index contributed by atoms with van der Waals surface area (Å²) in [5, 5.41) is 4.65. The van der Waals surface area contributed by atoms with Crippen LogP contribution in [-0.4, -0.2) is 27.5 Å². The van der Waals surface area contributed by atoms with Crippen LogP contribution in [0.15, 0.2) is 66.7 Å². The third-order valence-corrected chi connectivity index (χ3v) is 5.41. The molecule has 0 aliphatic rings. The van der Waals surface area contributed by atoms with Gasteiger partial charge in [0.05, 0.1) is 18.9 Å². The van der Waals surface area contributed by atoms with E-state index in [9.17, 15) is 13.2 Å². The molecule has 0 unspecified atom stereocenters. The molecule has 2 N–H and O–H groups in total. The van der Waals surface area contributed by atoms with E-state index in [0.29, 0.717) is 23.6 Å². The number of anilines is 1. The van der Waals surface area contributed by atoms with Crippen molar-refractivity contribution >= 4 is 32.4 Å². The molecule has 7 heteroatoms. The first kappa shape index (κ1) is 19.9. The topological polar surface area (TPSA) is 84.5 Å². The van der Waals surface area contributed by atoms with Gasteiger partial charge in [-0.05, 0) is 24.4 Å². The van der Waals surface area contributed by atoms with Gasteiger partial charge in [-0.1, -0.05) is 54.6 Å². The van der Waals surface area contributed by atoms with Crippen LogP contribution in [0.25, 0.3) is 10.8 Å². The molecule has 6 nitrogen and oxygen atoms in total. The molecule has 0 spiro atoms. The SMILES string of the molecule is CCOc1ccccc1CS(=O)(=O)NCC(=O)Nc1cccc2ccccc12. The fraction of sp³-hybridized carbons (Fsp3) is 0.190. The lowest BCUT2D eigenvalue weighted by Crippen LogP contribution is -2.33. The first-order valence-corrected chi connectivity index (χ1v) is 10.6. The molecule has 0 radical (unpaired) electrons. The Kier molecular flexibility index (Phi) is 6.28. The van der Waals surface area contributed by atoms with E-state index in [2.05, 4.69) is 10.0 Å². The van der Waals surface area contributed by atoms with E-state index in [1.165, 1.54) is 0 Å². The summed E-state index contributed by atoms with van der Waals surface area (Å²) in [5.74, 6) is -0.168. The van der Waals surface area contributed by atoms with Gasteiger partial charge in [-0.3, -0.25) is 4.79 Å². The number of amides is 1. The third kappa shape index (κ3) is 5.09. The molecule has 0 fully saturated rings. The van der Waals surface area contributed by atoms with E-state index >= 15 is 0 Å². The van der Waals surface area contributed by atoms with Gasteiger partial charge >= 0.3 is 0 Å². The standard InChI is InChI=1S/C21H22N2O4S/c1-2-27-20-13-6-4-9-17(20)15-28(25,26)22-14-21(24)23-19-12-7-10-16-8-3-5-11-18(16)19/h3-13,22H,2,14-15H2,1H3,(H,23,24). The molecule has 0 aliphatic carbocycles. The second kappa shape index (κ2) is 8.86. The second-order valence-electron chi connectivity index (χ2n) is 6.20. The largest absolute Gasteiger partial charge is 0.494 e. The monoisotopic (exact) mass is 398 g/mol. The summed E-state index contributed by atoms with van der Waals surface area (Å²) >= 11 is 0. The molecule has 3 rings (SSSR count). The molecule has 0 saturated heterocycles. The van der Waals surface area contributed by atoms with Crippen molar-refractivity contribution in [3.8, 4) is 5.75 Å². The molecule has 0 atom stereocenters. The van der Waals surface area contributed by atoms with Crippen LogP contribution in [-0.2, 0) is 20.6 Å². The zero-order valence-electron chi connectivity index (χ0n) is 15.5. The van der Waals surface area contributed by atoms with E-state index in [0.717, 1.165) is 10.8 Å². The van der Waals surface area contributed by atoms with E-state index in [4.69, 9.17) is 4.74 Å². The normalized spacial score (nSPS) is 11.3. The molecule has 3 aromatic rings. The lowest BCUT2D eigenvalue weighted by atomic mass is 10.1.